The van der Waals surface area contributed by atoms with Crippen molar-refractivity contribution >= 4 is 23.0 Å². The maximum absolute atomic E-state index is 12.8. The molecule has 1 aliphatic heterocycles. The van der Waals surface area contributed by atoms with Crippen LogP contribution >= 0.6 is 12.2 Å². The predicted octanol–water partition coefficient (Wildman–Crippen LogP) is 2.83. The molecule has 2 atom stereocenters. The summed E-state index contributed by atoms with van der Waals surface area (Å²) in [5.74, 6) is 1.03. The van der Waals surface area contributed by atoms with Gasteiger partial charge in [0.15, 0.2) is 0 Å². The highest BCUT2D eigenvalue weighted by molar-refractivity contribution is 7.80. The summed E-state index contributed by atoms with van der Waals surface area (Å²) < 4.78 is 38.4. The third-order valence-electron chi connectivity index (χ3n) is 3.72. The molecule has 0 spiro atoms. The molecule has 2 N–H and O–H groups in total. The molecule has 1 fully saturated rings. The van der Waals surface area contributed by atoms with Crippen LogP contribution in [0.25, 0.3) is 0 Å². The third-order valence-corrected chi connectivity index (χ3v) is 3.94. The van der Waals surface area contributed by atoms with Gasteiger partial charge >= 0.3 is 6.18 Å². The first-order valence-corrected chi connectivity index (χ1v) is 6.74. The van der Waals surface area contributed by atoms with E-state index in [0.717, 1.165) is 6.07 Å². The van der Waals surface area contributed by atoms with Crippen molar-refractivity contribution in [1.29, 1.82) is 0 Å². The third kappa shape index (κ3) is 2.87. The van der Waals surface area contributed by atoms with E-state index in [1.165, 1.54) is 6.07 Å². The number of rotatable bonds is 2. The Bertz CT molecular complexity index is 520. The normalized spacial score (nSPS) is 23.1. The summed E-state index contributed by atoms with van der Waals surface area (Å²) in [7, 11) is 0. The average molecular weight is 303 g/mol. The molecular formula is C13H16F3N3S. The molecule has 0 bridgehead atoms. The Morgan fingerprint density at radius 1 is 1.30 bits per heavy atom. The zero-order valence-corrected chi connectivity index (χ0v) is 12.1. The van der Waals surface area contributed by atoms with Crippen molar-refractivity contribution in [2.75, 3.05) is 18.0 Å². The Labute approximate surface area is 121 Å². The van der Waals surface area contributed by atoms with Gasteiger partial charge in [0.1, 0.15) is 16.5 Å². The number of anilines is 1. The highest BCUT2D eigenvalue weighted by Gasteiger charge is 2.35. The molecule has 2 unspecified atom stereocenters. The smallest absolute Gasteiger partial charge is 0.389 e. The minimum absolute atomic E-state index is 0.0634. The van der Waals surface area contributed by atoms with Crippen molar-refractivity contribution in [1.82, 2.24) is 4.98 Å². The Kier molecular flexibility index (Phi) is 3.90. The fourth-order valence-electron chi connectivity index (χ4n) is 2.34. The maximum Gasteiger partial charge on any atom is 0.433 e. The molecule has 0 radical (unpaired) electrons. The molecule has 3 nitrogen and oxygen atoms in total. The van der Waals surface area contributed by atoms with Crippen molar-refractivity contribution in [3.63, 3.8) is 0 Å². The summed E-state index contributed by atoms with van der Waals surface area (Å²) in [4.78, 5) is 5.65. The quantitative estimate of drug-likeness (QED) is 0.853. The molecule has 2 heterocycles. The van der Waals surface area contributed by atoms with Crippen LogP contribution in [0.4, 0.5) is 19.0 Å². The largest absolute Gasteiger partial charge is 0.433 e. The summed E-state index contributed by atoms with van der Waals surface area (Å²) >= 11 is 4.91. The Morgan fingerprint density at radius 3 is 2.30 bits per heavy atom. The minimum atomic E-state index is -4.47. The van der Waals surface area contributed by atoms with E-state index >= 15 is 0 Å². The topological polar surface area (TPSA) is 42.2 Å². The molecule has 110 valence electrons. The molecule has 1 saturated heterocycles. The van der Waals surface area contributed by atoms with Gasteiger partial charge in [-0.3, -0.25) is 0 Å². The van der Waals surface area contributed by atoms with Gasteiger partial charge in [0.2, 0.25) is 0 Å². The van der Waals surface area contributed by atoms with Crippen LogP contribution in [0.2, 0.25) is 0 Å². The van der Waals surface area contributed by atoms with Gasteiger partial charge in [-0.1, -0.05) is 26.1 Å². The Morgan fingerprint density at radius 2 is 1.85 bits per heavy atom. The van der Waals surface area contributed by atoms with Crippen LogP contribution in [-0.4, -0.2) is 23.1 Å². The molecule has 0 amide bonds. The summed E-state index contributed by atoms with van der Waals surface area (Å²) in [6.07, 6.45) is -4.47. The van der Waals surface area contributed by atoms with Crippen LogP contribution in [0.15, 0.2) is 12.1 Å². The number of nitrogens with two attached hydrogens (primary N) is 1. The van der Waals surface area contributed by atoms with Gasteiger partial charge in [-0.05, 0) is 24.0 Å². The van der Waals surface area contributed by atoms with E-state index in [1.807, 2.05) is 4.90 Å². The van der Waals surface area contributed by atoms with Crippen LogP contribution in [-0.2, 0) is 6.18 Å². The molecule has 0 aliphatic carbocycles. The van der Waals surface area contributed by atoms with Gasteiger partial charge in [0.25, 0.3) is 0 Å². The van der Waals surface area contributed by atoms with Crippen molar-refractivity contribution in [3.05, 3.63) is 23.4 Å². The number of halogens is 3. The number of hydrogen-bond acceptors (Lipinski definition) is 3. The van der Waals surface area contributed by atoms with E-state index < -0.39 is 11.9 Å². The van der Waals surface area contributed by atoms with Crippen LogP contribution in [0, 0.1) is 11.8 Å². The van der Waals surface area contributed by atoms with Crippen molar-refractivity contribution in [3.8, 4) is 0 Å². The number of aromatic nitrogens is 1. The zero-order valence-electron chi connectivity index (χ0n) is 11.2. The first kappa shape index (κ1) is 15.0. The summed E-state index contributed by atoms with van der Waals surface area (Å²) in [5.41, 5.74) is 5.07. The first-order chi connectivity index (χ1) is 9.20. The van der Waals surface area contributed by atoms with E-state index in [2.05, 4.69) is 18.8 Å². The van der Waals surface area contributed by atoms with Crippen molar-refractivity contribution in [2.24, 2.45) is 17.6 Å². The number of thiocarbonyl (C=S) groups is 1. The standard InChI is InChI=1S/C13H16F3N3S/c1-7-5-19(6-8(7)2)12-9(11(17)20)3-4-10(18-12)13(14,15)16/h3-4,7-8H,5-6H2,1-2H3,(H2,17,20). The van der Waals surface area contributed by atoms with Gasteiger partial charge in [0, 0.05) is 13.1 Å². The summed E-state index contributed by atoms with van der Waals surface area (Å²) in [6, 6.07) is 2.22. The molecule has 1 aromatic rings. The van der Waals surface area contributed by atoms with Crippen LogP contribution in [0.3, 0.4) is 0 Å². The fourth-order valence-corrected chi connectivity index (χ4v) is 2.50. The fraction of sp³-hybridized carbons (Fsp3) is 0.538. The second kappa shape index (κ2) is 5.20. The van der Waals surface area contributed by atoms with E-state index in [1.54, 1.807) is 0 Å². The second-order valence-corrected chi connectivity index (χ2v) is 5.73. The molecule has 20 heavy (non-hydrogen) atoms. The highest BCUT2D eigenvalue weighted by Crippen LogP contribution is 2.33. The predicted molar refractivity (Wildman–Crippen MR) is 75.7 cm³/mol. The lowest BCUT2D eigenvalue weighted by atomic mass is 10.0. The Balaban J connectivity index is 2.45. The van der Waals surface area contributed by atoms with Gasteiger partial charge in [-0.15, -0.1) is 0 Å². The second-order valence-electron chi connectivity index (χ2n) is 5.29. The van der Waals surface area contributed by atoms with Crippen molar-refractivity contribution < 1.29 is 13.2 Å². The van der Waals surface area contributed by atoms with E-state index in [-0.39, 0.29) is 10.8 Å². The molecule has 7 heteroatoms. The number of hydrogen-bond donors (Lipinski definition) is 1. The molecule has 1 aliphatic rings. The maximum atomic E-state index is 12.8. The van der Waals surface area contributed by atoms with Gasteiger partial charge < -0.3 is 10.6 Å². The van der Waals surface area contributed by atoms with Gasteiger partial charge in [-0.25, -0.2) is 4.98 Å². The van der Waals surface area contributed by atoms with E-state index in [0.29, 0.717) is 30.5 Å². The monoisotopic (exact) mass is 303 g/mol. The summed E-state index contributed by atoms with van der Waals surface area (Å²) in [6.45, 7) is 5.45. The average Bonchev–Trinajstić information content (AvgIpc) is 2.67. The lowest BCUT2D eigenvalue weighted by molar-refractivity contribution is -0.141. The van der Waals surface area contributed by atoms with E-state index in [9.17, 15) is 13.2 Å². The van der Waals surface area contributed by atoms with Gasteiger partial charge in [-0.2, -0.15) is 13.2 Å². The lowest BCUT2D eigenvalue weighted by Crippen LogP contribution is -2.26. The van der Waals surface area contributed by atoms with Crippen molar-refractivity contribution in [2.45, 2.75) is 20.0 Å². The van der Waals surface area contributed by atoms with E-state index in [4.69, 9.17) is 18.0 Å². The highest BCUT2D eigenvalue weighted by atomic mass is 32.1. The van der Waals surface area contributed by atoms with Crippen LogP contribution in [0.5, 0.6) is 0 Å². The molecule has 2 rings (SSSR count). The number of nitrogens with zero attached hydrogens (tertiary/aromatic N) is 2. The minimum Gasteiger partial charge on any atom is -0.389 e. The molecule has 0 saturated carbocycles. The SMILES string of the molecule is CC1CN(c2nc(C(F)(F)F)ccc2C(N)=S)CC1C. The van der Waals surface area contributed by atoms with Gasteiger partial charge in [0.05, 0.1) is 5.56 Å². The lowest BCUT2D eigenvalue weighted by Gasteiger charge is -2.21. The zero-order chi connectivity index (χ0) is 15.1. The number of alkyl halides is 3. The summed E-state index contributed by atoms with van der Waals surface area (Å²) in [5, 5.41) is 0. The number of pyridine rings is 1. The Hall–Kier alpha value is -1.37. The first-order valence-electron chi connectivity index (χ1n) is 6.33. The molecular weight excluding hydrogens is 287 g/mol. The van der Waals surface area contributed by atoms with Crippen LogP contribution < -0.4 is 10.6 Å². The molecule has 1 aromatic heterocycles. The molecule has 0 aromatic carbocycles. The van der Waals surface area contributed by atoms with Crippen LogP contribution in [0.1, 0.15) is 25.1 Å².